The van der Waals surface area contributed by atoms with Gasteiger partial charge in [-0.15, -0.1) is 0 Å². The highest BCUT2D eigenvalue weighted by Crippen LogP contribution is 2.52. The van der Waals surface area contributed by atoms with Crippen molar-refractivity contribution in [1.82, 2.24) is 15.0 Å². The first-order chi connectivity index (χ1) is 15.0. The predicted octanol–water partition coefficient (Wildman–Crippen LogP) is 3.85. The molecule has 5 rings (SSSR count). The molecule has 3 unspecified atom stereocenters. The molecule has 2 saturated carbocycles. The van der Waals surface area contributed by atoms with Crippen LogP contribution in [0.2, 0.25) is 0 Å². The van der Waals surface area contributed by atoms with Crippen molar-refractivity contribution in [3.63, 3.8) is 0 Å². The van der Waals surface area contributed by atoms with Crippen LogP contribution >= 0.6 is 0 Å². The molecule has 3 aliphatic rings. The second-order valence-corrected chi connectivity index (χ2v) is 8.86. The van der Waals surface area contributed by atoms with Crippen molar-refractivity contribution in [1.29, 1.82) is 0 Å². The molecule has 0 spiro atoms. The molecule has 2 bridgehead atoms. The van der Waals surface area contributed by atoms with Crippen molar-refractivity contribution in [2.24, 2.45) is 11.8 Å². The molecule has 4 atom stereocenters. The zero-order valence-electron chi connectivity index (χ0n) is 17.5. The first kappa shape index (κ1) is 20.4. The average molecular weight is 431 g/mol. The van der Waals surface area contributed by atoms with Gasteiger partial charge in [-0.3, -0.25) is 0 Å². The van der Waals surface area contributed by atoms with Gasteiger partial charge in [0.25, 0.3) is 0 Å². The van der Waals surface area contributed by atoms with Gasteiger partial charge in [-0.25, -0.2) is 15.0 Å². The number of fused-ring (bicyclic) bond motifs is 2. The van der Waals surface area contributed by atoms with E-state index in [1.807, 2.05) is 13.0 Å². The molecule has 7 nitrogen and oxygen atoms in total. The van der Waals surface area contributed by atoms with Crippen LogP contribution in [0, 0.1) is 11.8 Å². The number of nitrogen functional groups attached to an aromatic ring is 1. The van der Waals surface area contributed by atoms with E-state index in [1.165, 1.54) is 25.3 Å². The van der Waals surface area contributed by atoms with Crippen molar-refractivity contribution < 1.29 is 18.3 Å². The summed E-state index contributed by atoms with van der Waals surface area (Å²) in [5.74, 6) is 3.19. The Morgan fingerprint density at radius 1 is 1.23 bits per heavy atom. The molecule has 166 valence electrons. The summed E-state index contributed by atoms with van der Waals surface area (Å²) in [6.07, 6.45) is 6.55. The Morgan fingerprint density at radius 3 is 2.81 bits per heavy atom. The zero-order chi connectivity index (χ0) is 21.5. The van der Waals surface area contributed by atoms with Gasteiger partial charge in [-0.05, 0) is 44.1 Å². The van der Waals surface area contributed by atoms with Gasteiger partial charge >= 0.3 is 6.61 Å². The SMILES string of the molecule is C[C@H]1CN(c2cc(-c3cnc(N)c(OC(F)F)c3)nc(C3CC4CCC3C4)n2)CCO1. The molecule has 1 aliphatic heterocycles. The maximum absolute atomic E-state index is 12.8. The number of morpholine rings is 1. The Balaban J connectivity index is 1.54. The van der Waals surface area contributed by atoms with E-state index in [2.05, 4.69) is 14.6 Å². The quantitative estimate of drug-likeness (QED) is 0.769. The second-order valence-electron chi connectivity index (χ2n) is 8.86. The third kappa shape index (κ3) is 4.15. The van der Waals surface area contributed by atoms with Gasteiger partial charge in [0.05, 0.1) is 18.4 Å². The molecule has 3 heterocycles. The summed E-state index contributed by atoms with van der Waals surface area (Å²) in [5, 5.41) is 0. The Kier molecular flexibility index (Phi) is 5.37. The summed E-state index contributed by atoms with van der Waals surface area (Å²) in [6, 6.07) is 3.38. The summed E-state index contributed by atoms with van der Waals surface area (Å²) in [4.78, 5) is 16.1. The van der Waals surface area contributed by atoms with Crippen LogP contribution in [0.5, 0.6) is 5.75 Å². The van der Waals surface area contributed by atoms with Crippen molar-refractivity contribution >= 4 is 11.6 Å². The minimum Gasteiger partial charge on any atom is -0.431 e. The van der Waals surface area contributed by atoms with Gasteiger partial charge in [0.15, 0.2) is 11.6 Å². The molecule has 1 saturated heterocycles. The van der Waals surface area contributed by atoms with Crippen molar-refractivity contribution in [3.05, 3.63) is 24.2 Å². The summed E-state index contributed by atoms with van der Waals surface area (Å²) in [6.45, 7) is 1.20. The molecule has 9 heteroatoms. The van der Waals surface area contributed by atoms with E-state index >= 15 is 0 Å². The van der Waals surface area contributed by atoms with E-state index in [9.17, 15) is 8.78 Å². The lowest BCUT2D eigenvalue weighted by molar-refractivity contribution is -0.0494. The van der Waals surface area contributed by atoms with E-state index in [-0.39, 0.29) is 17.7 Å². The normalized spacial score (nSPS) is 27.8. The Hall–Kier alpha value is -2.55. The van der Waals surface area contributed by atoms with Crippen LogP contribution in [0.1, 0.15) is 44.3 Å². The van der Waals surface area contributed by atoms with Gasteiger partial charge < -0.3 is 20.1 Å². The van der Waals surface area contributed by atoms with Gasteiger partial charge in [-0.2, -0.15) is 8.78 Å². The summed E-state index contributed by atoms with van der Waals surface area (Å²) in [7, 11) is 0. The highest BCUT2D eigenvalue weighted by Gasteiger charge is 2.42. The number of halogens is 2. The Bertz CT molecular complexity index is 959. The lowest BCUT2D eigenvalue weighted by Gasteiger charge is -2.33. The number of pyridine rings is 1. The van der Waals surface area contributed by atoms with Crippen LogP contribution in [-0.4, -0.2) is 47.4 Å². The van der Waals surface area contributed by atoms with Gasteiger partial charge in [0, 0.05) is 36.8 Å². The van der Waals surface area contributed by atoms with Crippen molar-refractivity contribution in [3.8, 4) is 17.0 Å². The maximum Gasteiger partial charge on any atom is 0.387 e. The molecule has 2 aliphatic carbocycles. The Labute approximate surface area is 180 Å². The molecule has 0 radical (unpaired) electrons. The fraction of sp³-hybridized carbons (Fsp3) is 0.591. The van der Waals surface area contributed by atoms with Crippen LogP contribution in [0.25, 0.3) is 11.3 Å². The number of nitrogens with two attached hydrogens (primary N) is 1. The highest BCUT2D eigenvalue weighted by atomic mass is 19.3. The highest BCUT2D eigenvalue weighted by molar-refractivity contribution is 5.66. The lowest BCUT2D eigenvalue weighted by Crippen LogP contribution is -2.41. The second kappa shape index (κ2) is 8.18. The number of anilines is 2. The minimum absolute atomic E-state index is 0.0753. The molecular weight excluding hydrogens is 404 g/mol. The third-order valence-electron chi connectivity index (χ3n) is 6.76. The monoisotopic (exact) mass is 431 g/mol. The fourth-order valence-electron chi connectivity index (χ4n) is 5.30. The molecule has 2 aromatic heterocycles. The van der Waals surface area contributed by atoms with Gasteiger partial charge in [0.2, 0.25) is 0 Å². The fourth-order valence-corrected chi connectivity index (χ4v) is 5.30. The summed E-state index contributed by atoms with van der Waals surface area (Å²) in [5.41, 5.74) is 6.95. The van der Waals surface area contributed by atoms with E-state index in [0.29, 0.717) is 29.7 Å². The van der Waals surface area contributed by atoms with E-state index in [4.69, 9.17) is 20.4 Å². The van der Waals surface area contributed by atoms with Gasteiger partial charge in [-0.1, -0.05) is 6.42 Å². The van der Waals surface area contributed by atoms with Crippen molar-refractivity contribution in [2.45, 2.75) is 51.2 Å². The third-order valence-corrected chi connectivity index (χ3v) is 6.76. The number of hydrogen-bond donors (Lipinski definition) is 1. The molecule has 0 amide bonds. The van der Waals surface area contributed by atoms with E-state index in [1.54, 1.807) is 6.20 Å². The number of nitrogens with zero attached hydrogens (tertiary/aromatic N) is 4. The van der Waals surface area contributed by atoms with Crippen LogP contribution in [0.15, 0.2) is 18.3 Å². The molecule has 3 fully saturated rings. The van der Waals surface area contributed by atoms with E-state index in [0.717, 1.165) is 37.1 Å². The van der Waals surface area contributed by atoms with E-state index < -0.39 is 6.61 Å². The van der Waals surface area contributed by atoms with Crippen LogP contribution in [-0.2, 0) is 4.74 Å². The standard InChI is InChI=1S/C22H27F2N5O2/c1-12-11-29(4-5-30-12)19-9-17(15-8-18(31-22(23)24)20(25)26-10-15)27-21(28-19)16-7-13-2-3-14(16)6-13/h8-10,12-14,16,22H,2-7,11H2,1H3,(H2,25,26)/t12-,13?,14?,16?/m0/s1. The first-order valence-corrected chi connectivity index (χ1v) is 10.9. The largest absolute Gasteiger partial charge is 0.431 e. The molecular formula is C22H27F2N5O2. The zero-order valence-corrected chi connectivity index (χ0v) is 17.5. The predicted molar refractivity (Wildman–Crippen MR) is 112 cm³/mol. The summed E-state index contributed by atoms with van der Waals surface area (Å²) >= 11 is 0. The molecule has 31 heavy (non-hydrogen) atoms. The molecule has 2 aromatic rings. The molecule has 0 aromatic carbocycles. The number of ether oxygens (including phenoxy) is 2. The number of rotatable bonds is 5. The summed E-state index contributed by atoms with van der Waals surface area (Å²) < 4.78 is 35.8. The van der Waals surface area contributed by atoms with Crippen LogP contribution < -0.4 is 15.4 Å². The van der Waals surface area contributed by atoms with Gasteiger partial charge in [0.1, 0.15) is 11.6 Å². The smallest absolute Gasteiger partial charge is 0.387 e. The number of hydrogen-bond acceptors (Lipinski definition) is 7. The minimum atomic E-state index is -2.97. The average Bonchev–Trinajstić information content (AvgIpc) is 3.38. The first-order valence-electron chi connectivity index (χ1n) is 10.9. The number of alkyl halides is 2. The van der Waals surface area contributed by atoms with Crippen LogP contribution in [0.4, 0.5) is 20.4 Å². The Morgan fingerprint density at radius 2 is 2.10 bits per heavy atom. The maximum atomic E-state index is 12.8. The lowest BCUT2D eigenvalue weighted by atomic mass is 9.88. The molecule has 2 N–H and O–H groups in total. The topological polar surface area (TPSA) is 86.4 Å². The van der Waals surface area contributed by atoms with Crippen LogP contribution in [0.3, 0.4) is 0 Å². The number of aromatic nitrogens is 3. The van der Waals surface area contributed by atoms with Crippen molar-refractivity contribution in [2.75, 3.05) is 30.3 Å².